The van der Waals surface area contributed by atoms with E-state index in [1.807, 2.05) is 13.1 Å². The van der Waals surface area contributed by atoms with Crippen LogP contribution in [0.4, 0.5) is 0 Å². The van der Waals surface area contributed by atoms with Gasteiger partial charge in [-0.05, 0) is 86.9 Å². The van der Waals surface area contributed by atoms with E-state index < -0.39 is 0 Å². The van der Waals surface area contributed by atoms with E-state index >= 15 is 0 Å². The predicted molar refractivity (Wildman–Crippen MR) is 154 cm³/mol. The monoisotopic (exact) mass is 487 g/mol. The van der Waals surface area contributed by atoms with Crippen LogP contribution in [0.3, 0.4) is 0 Å². The number of hydrogen-bond acceptors (Lipinski definition) is 3. The molecule has 0 amide bonds. The Balaban J connectivity index is 1.19. The average molecular weight is 488 g/mol. The van der Waals surface area contributed by atoms with Crippen molar-refractivity contribution in [2.45, 2.75) is 95.7 Å². The number of likely N-dealkylation sites (tertiary alicyclic amines) is 1. The third-order valence-corrected chi connectivity index (χ3v) is 9.83. The van der Waals surface area contributed by atoms with Gasteiger partial charge in [0, 0.05) is 36.6 Å². The minimum atomic E-state index is 0.253. The normalized spacial score (nSPS) is 25.7. The maximum Gasteiger partial charge on any atom is 0.0688 e. The fourth-order valence-electron chi connectivity index (χ4n) is 7.37. The Morgan fingerprint density at radius 2 is 1.83 bits per heavy atom. The van der Waals surface area contributed by atoms with Gasteiger partial charge >= 0.3 is 0 Å². The summed E-state index contributed by atoms with van der Waals surface area (Å²) in [6.07, 6.45) is 18.4. The molecule has 0 spiro atoms. The molecule has 196 valence electrons. The molecule has 2 heterocycles. The second-order valence-electron chi connectivity index (χ2n) is 12.2. The summed E-state index contributed by atoms with van der Waals surface area (Å²) in [5.41, 5.74) is 6.50. The van der Waals surface area contributed by atoms with Crippen LogP contribution >= 0.6 is 0 Å². The van der Waals surface area contributed by atoms with Gasteiger partial charge in [0.15, 0.2) is 0 Å². The van der Waals surface area contributed by atoms with E-state index in [1.165, 1.54) is 94.0 Å². The molecule has 2 saturated carbocycles. The maximum atomic E-state index is 4.49. The highest BCUT2D eigenvalue weighted by Gasteiger charge is 2.35. The van der Waals surface area contributed by atoms with Gasteiger partial charge in [0.25, 0.3) is 0 Å². The number of hydrogen-bond donors (Lipinski definition) is 1. The van der Waals surface area contributed by atoms with Crippen LogP contribution in [0.5, 0.6) is 0 Å². The van der Waals surface area contributed by atoms with Gasteiger partial charge < -0.3 is 15.1 Å². The van der Waals surface area contributed by atoms with Gasteiger partial charge in [0.2, 0.25) is 0 Å². The zero-order valence-electron chi connectivity index (χ0n) is 22.8. The number of allylic oxidation sites excluding steroid dienone is 1. The molecule has 3 nitrogen and oxygen atoms in total. The number of fused-ring (bicyclic) bond motifs is 1. The summed E-state index contributed by atoms with van der Waals surface area (Å²) in [5.74, 6) is 2.92. The molecule has 1 aromatic carbocycles. The highest BCUT2D eigenvalue weighted by atomic mass is 15.2. The molecule has 0 radical (unpaired) electrons. The van der Waals surface area contributed by atoms with Gasteiger partial charge in [-0.2, -0.15) is 0 Å². The van der Waals surface area contributed by atoms with Crippen molar-refractivity contribution in [1.82, 2.24) is 15.1 Å². The third-order valence-electron chi connectivity index (χ3n) is 9.83. The molecule has 0 bridgehead atoms. The molecule has 3 fully saturated rings. The van der Waals surface area contributed by atoms with Crippen molar-refractivity contribution < 1.29 is 0 Å². The molecule has 36 heavy (non-hydrogen) atoms. The van der Waals surface area contributed by atoms with Crippen molar-refractivity contribution >= 4 is 5.70 Å². The van der Waals surface area contributed by atoms with Crippen molar-refractivity contribution in [2.75, 3.05) is 20.1 Å². The number of likely N-dealkylation sites (N-methyl/N-ethyl adjacent to an activating group) is 1. The van der Waals surface area contributed by atoms with Gasteiger partial charge in [-0.3, -0.25) is 0 Å². The molecule has 5 rings (SSSR count). The van der Waals surface area contributed by atoms with E-state index in [-0.39, 0.29) is 6.04 Å². The number of rotatable bonds is 12. The molecule has 3 unspecified atom stereocenters. The first-order chi connectivity index (χ1) is 17.6. The highest BCUT2D eigenvalue weighted by Crippen LogP contribution is 2.40. The molecule has 1 aromatic rings. The van der Waals surface area contributed by atoms with E-state index in [1.54, 1.807) is 0 Å². The summed E-state index contributed by atoms with van der Waals surface area (Å²) in [4.78, 5) is 5.33. The second kappa shape index (κ2) is 11.6. The summed E-state index contributed by atoms with van der Waals surface area (Å²) in [7, 11) is 1.97. The van der Waals surface area contributed by atoms with Crippen LogP contribution in [-0.4, -0.2) is 42.0 Å². The van der Waals surface area contributed by atoms with E-state index in [4.69, 9.17) is 0 Å². The first kappa shape index (κ1) is 25.6. The molecule has 3 atom stereocenters. The summed E-state index contributed by atoms with van der Waals surface area (Å²) < 4.78 is 0. The average Bonchev–Trinajstić information content (AvgIpc) is 3.53. The lowest BCUT2D eigenvalue weighted by molar-refractivity contribution is 0.104. The molecule has 1 N–H and O–H groups in total. The zero-order chi connectivity index (χ0) is 25.1. The minimum Gasteiger partial charge on any atom is -0.390 e. The molecule has 3 heteroatoms. The van der Waals surface area contributed by atoms with E-state index in [0.29, 0.717) is 0 Å². The second-order valence-corrected chi connectivity index (χ2v) is 12.2. The van der Waals surface area contributed by atoms with Crippen molar-refractivity contribution in [3.05, 3.63) is 66.4 Å². The standard InChI is InChI=1S/C33H49N3/c1-5-6-9-32(24(2)34-4)36-23-30-22-28(15-16-31(30)25(36)3)21-29-8-7-10-33(29)35-19-17-27(18-20-35)14-13-26-11-12-26/h5,15-16,22,26-27,29,32-34H,1-3,6-14,17-21,23H2,4H3. The van der Waals surface area contributed by atoms with Crippen LogP contribution in [0.25, 0.3) is 5.70 Å². The largest absolute Gasteiger partial charge is 0.390 e. The predicted octanol–water partition coefficient (Wildman–Crippen LogP) is 7.15. The van der Waals surface area contributed by atoms with Crippen LogP contribution in [0, 0.1) is 17.8 Å². The highest BCUT2D eigenvalue weighted by molar-refractivity contribution is 5.70. The maximum absolute atomic E-state index is 4.49. The summed E-state index contributed by atoms with van der Waals surface area (Å²) in [5, 5.41) is 3.29. The van der Waals surface area contributed by atoms with Crippen LogP contribution in [0.15, 0.2) is 49.7 Å². The molecular formula is C33H49N3. The lowest BCUT2D eigenvalue weighted by Crippen LogP contribution is -2.43. The third kappa shape index (κ3) is 5.77. The molecule has 0 aromatic heterocycles. The zero-order valence-corrected chi connectivity index (χ0v) is 22.8. The van der Waals surface area contributed by atoms with Crippen LogP contribution in [0.1, 0.15) is 87.3 Å². The lowest BCUT2D eigenvalue weighted by atomic mass is 9.87. The van der Waals surface area contributed by atoms with Gasteiger partial charge in [-0.15, -0.1) is 6.58 Å². The Morgan fingerprint density at radius 3 is 2.53 bits per heavy atom. The summed E-state index contributed by atoms with van der Waals surface area (Å²) in [6.45, 7) is 16.3. The Morgan fingerprint density at radius 1 is 1.08 bits per heavy atom. The first-order valence-corrected chi connectivity index (χ1v) is 14.9. The number of benzene rings is 1. The lowest BCUT2D eigenvalue weighted by Gasteiger charge is -2.39. The smallest absolute Gasteiger partial charge is 0.0688 e. The Labute approximate surface area is 220 Å². The Hall–Kier alpha value is -2.00. The van der Waals surface area contributed by atoms with Crippen LogP contribution < -0.4 is 5.32 Å². The SMILES string of the molecule is C=CCCC(C(=C)NC)N1Cc2cc(CC3CCCC3N3CCC(CCC4CC4)CC3)ccc2C1=C. The van der Waals surface area contributed by atoms with Crippen molar-refractivity contribution in [3.63, 3.8) is 0 Å². The molecular weight excluding hydrogens is 438 g/mol. The topological polar surface area (TPSA) is 18.5 Å². The van der Waals surface area contributed by atoms with Gasteiger partial charge in [-0.25, -0.2) is 0 Å². The molecule has 1 saturated heterocycles. The minimum absolute atomic E-state index is 0.253. The van der Waals surface area contributed by atoms with Gasteiger partial charge in [0.1, 0.15) is 0 Å². The summed E-state index contributed by atoms with van der Waals surface area (Å²) in [6, 6.07) is 8.28. The number of nitrogens with zero attached hydrogens (tertiary/aromatic N) is 2. The molecule has 2 aliphatic carbocycles. The quantitative estimate of drug-likeness (QED) is 0.316. The number of piperidine rings is 1. The van der Waals surface area contributed by atoms with Gasteiger partial charge in [-0.1, -0.05) is 69.5 Å². The van der Waals surface area contributed by atoms with Crippen LogP contribution in [0.2, 0.25) is 0 Å². The number of nitrogens with one attached hydrogen (secondary N) is 1. The fraction of sp³-hybridized carbons (Fsp3) is 0.636. The fourth-order valence-corrected chi connectivity index (χ4v) is 7.37. The Bertz CT molecular complexity index is 936. The van der Waals surface area contributed by atoms with Crippen LogP contribution in [-0.2, 0) is 13.0 Å². The molecule has 2 aliphatic heterocycles. The van der Waals surface area contributed by atoms with E-state index in [9.17, 15) is 0 Å². The van der Waals surface area contributed by atoms with Crippen molar-refractivity contribution in [2.24, 2.45) is 17.8 Å². The van der Waals surface area contributed by atoms with Gasteiger partial charge in [0.05, 0.1) is 6.04 Å². The van der Waals surface area contributed by atoms with E-state index in [0.717, 1.165) is 54.6 Å². The first-order valence-electron chi connectivity index (χ1n) is 14.9. The van der Waals surface area contributed by atoms with Crippen molar-refractivity contribution in [1.29, 1.82) is 0 Å². The van der Waals surface area contributed by atoms with E-state index in [2.05, 4.69) is 53.1 Å². The summed E-state index contributed by atoms with van der Waals surface area (Å²) >= 11 is 0. The molecule has 4 aliphatic rings. The Kier molecular flexibility index (Phi) is 8.25. The van der Waals surface area contributed by atoms with Crippen molar-refractivity contribution in [3.8, 4) is 0 Å².